The minimum absolute atomic E-state index is 0.184. The number of nitrogens with one attached hydrogen (secondary N) is 1. The first-order valence-corrected chi connectivity index (χ1v) is 12.1. The van der Waals surface area contributed by atoms with E-state index in [1.165, 1.54) is 11.3 Å². The summed E-state index contributed by atoms with van der Waals surface area (Å²) in [4.78, 5) is 38.0. The lowest BCUT2D eigenvalue weighted by molar-refractivity contribution is -0.119. The third-order valence-corrected chi connectivity index (χ3v) is 5.92. The summed E-state index contributed by atoms with van der Waals surface area (Å²) in [6.07, 6.45) is 0. The summed E-state index contributed by atoms with van der Waals surface area (Å²) >= 11 is 1.19. The smallest absolute Gasteiger partial charge is 0.342 e. The number of amides is 1. The zero-order valence-electron chi connectivity index (χ0n) is 19.4. The minimum Gasteiger partial charge on any atom is -0.462 e. The van der Waals surface area contributed by atoms with Crippen molar-refractivity contribution in [2.24, 2.45) is 0 Å². The van der Waals surface area contributed by atoms with E-state index < -0.39 is 24.5 Å². The van der Waals surface area contributed by atoms with Crippen LogP contribution in [0, 0.1) is 0 Å². The van der Waals surface area contributed by atoms with Crippen LogP contribution in [0.4, 0.5) is 5.00 Å². The maximum absolute atomic E-state index is 12.7. The van der Waals surface area contributed by atoms with E-state index in [2.05, 4.69) is 5.32 Å². The van der Waals surface area contributed by atoms with Crippen molar-refractivity contribution in [2.75, 3.05) is 18.5 Å². The third kappa shape index (κ3) is 5.97. The highest BCUT2D eigenvalue weighted by molar-refractivity contribution is 7.15. The summed E-state index contributed by atoms with van der Waals surface area (Å²) in [7, 11) is 0. The fourth-order valence-corrected chi connectivity index (χ4v) is 4.37. The Balaban J connectivity index is 1.45. The third-order valence-electron chi connectivity index (χ3n) is 5.02. The molecule has 1 heterocycles. The Kier molecular flexibility index (Phi) is 8.10. The molecule has 0 radical (unpaired) electrons. The van der Waals surface area contributed by atoms with E-state index in [0.717, 1.165) is 5.56 Å². The molecule has 7 nitrogen and oxygen atoms in total. The molecule has 1 aromatic heterocycles. The molecule has 4 rings (SSSR count). The molecule has 8 heteroatoms. The molecule has 0 unspecified atom stereocenters. The lowest BCUT2D eigenvalue weighted by Crippen LogP contribution is -2.22. The fraction of sp³-hybridized carbons (Fsp3) is 0.107. The van der Waals surface area contributed by atoms with Gasteiger partial charge in [0.1, 0.15) is 27.6 Å². The van der Waals surface area contributed by atoms with Crippen molar-refractivity contribution < 1.29 is 28.6 Å². The van der Waals surface area contributed by atoms with Crippen LogP contribution in [0.2, 0.25) is 0 Å². The second-order valence-electron chi connectivity index (χ2n) is 7.48. The van der Waals surface area contributed by atoms with Crippen LogP contribution in [0.25, 0.3) is 11.1 Å². The van der Waals surface area contributed by atoms with Gasteiger partial charge in [0, 0.05) is 10.9 Å². The number of thiophene rings is 1. The van der Waals surface area contributed by atoms with Crippen molar-refractivity contribution in [3.8, 4) is 22.6 Å². The number of anilines is 1. The van der Waals surface area contributed by atoms with Crippen molar-refractivity contribution in [3.05, 3.63) is 101 Å². The van der Waals surface area contributed by atoms with Gasteiger partial charge in [-0.25, -0.2) is 9.59 Å². The number of carbonyl (C=O) groups excluding carboxylic acids is 3. The molecule has 36 heavy (non-hydrogen) atoms. The molecule has 0 aliphatic heterocycles. The van der Waals surface area contributed by atoms with E-state index in [1.807, 2.05) is 48.5 Å². The highest BCUT2D eigenvalue weighted by Gasteiger charge is 2.23. The van der Waals surface area contributed by atoms with Crippen LogP contribution in [-0.2, 0) is 14.3 Å². The Morgan fingerprint density at radius 2 is 1.47 bits per heavy atom. The minimum atomic E-state index is -0.710. The van der Waals surface area contributed by atoms with Gasteiger partial charge in [-0.3, -0.25) is 4.79 Å². The van der Waals surface area contributed by atoms with Crippen LogP contribution < -0.4 is 10.1 Å². The number of para-hydroxylation sites is 2. The highest BCUT2D eigenvalue weighted by Crippen LogP contribution is 2.36. The molecular formula is C28H23NO6S. The van der Waals surface area contributed by atoms with Crippen molar-refractivity contribution in [3.63, 3.8) is 0 Å². The van der Waals surface area contributed by atoms with Crippen LogP contribution in [0.15, 0.2) is 90.3 Å². The number of carbonyl (C=O) groups is 3. The zero-order chi connectivity index (χ0) is 25.3. The molecule has 0 saturated heterocycles. The van der Waals surface area contributed by atoms with Gasteiger partial charge >= 0.3 is 11.9 Å². The van der Waals surface area contributed by atoms with Crippen LogP contribution in [0.1, 0.15) is 27.6 Å². The first-order valence-electron chi connectivity index (χ1n) is 11.2. The SMILES string of the molecule is CCOC(=O)c1c(-c2ccccc2)csc1NC(=O)COC(=O)c1ccccc1Oc1ccccc1. The summed E-state index contributed by atoms with van der Waals surface area (Å²) in [5, 5.41) is 4.77. The number of hydrogen-bond acceptors (Lipinski definition) is 7. The van der Waals surface area contributed by atoms with E-state index in [-0.39, 0.29) is 17.7 Å². The largest absolute Gasteiger partial charge is 0.462 e. The van der Waals surface area contributed by atoms with Crippen LogP contribution in [0.3, 0.4) is 0 Å². The molecule has 0 aliphatic rings. The normalized spacial score (nSPS) is 10.4. The number of esters is 2. The first kappa shape index (κ1) is 24.7. The van der Waals surface area contributed by atoms with Crippen LogP contribution >= 0.6 is 11.3 Å². The lowest BCUT2D eigenvalue weighted by Gasteiger charge is -2.11. The number of ether oxygens (including phenoxy) is 3. The zero-order valence-corrected chi connectivity index (χ0v) is 20.2. The van der Waals surface area contributed by atoms with Gasteiger partial charge in [-0.05, 0) is 36.8 Å². The highest BCUT2D eigenvalue weighted by atomic mass is 32.1. The molecule has 0 bridgehead atoms. The second-order valence-corrected chi connectivity index (χ2v) is 8.36. The average molecular weight is 502 g/mol. The van der Waals surface area contributed by atoms with Gasteiger partial charge in [0.2, 0.25) is 0 Å². The summed E-state index contributed by atoms with van der Waals surface area (Å²) in [6.45, 7) is 1.36. The van der Waals surface area contributed by atoms with Gasteiger partial charge in [0.15, 0.2) is 6.61 Å². The Morgan fingerprint density at radius 3 is 2.19 bits per heavy atom. The summed E-state index contributed by atoms with van der Waals surface area (Å²) in [5.41, 5.74) is 1.91. The molecule has 4 aromatic rings. The van der Waals surface area contributed by atoms with E-state index in [1.54, 1.807) is 48.7 Å². The van der Waals surface area contributed by atoms with E-state index in [4.69, 9.17) is 14.2 Å². The van der Waals surface area contributed by atoms with Crippen LogP contribution in [-0.4, -0.2) is 31.1 Å². The van der Waals surface area contributed by atoms with Crippen molar-refractivity contribution >= 4 is 34.2 Å². The Labute approximate surface area is 212 Å². The second kappa shape index (κ2) is 11.8. The first-order chi connectivity index (χ1) is 17.6. The predicted octanol–water partition coefficient (Wildman–Crippen LogP) is 6.18. The number of benzene rings is 3. The van der Waals surface area contributed by atoms with Gasteiger partial charge in [-0.2, -0.15) is 0 Å². The van der Waals surface area contributed by atoms with Gasteiger partial charge in [0.05, 0.1) is 6.61 Å². The predicted molar refractivity (Wildman–Crippen MR) is 138 cm³/mol. The molecule has 0 saturated carbocycles. The number of rotatable bonds is 9. The van der Waals surface area contributed by atoms with Gasteiger partial charge in [0.25, 0.3) is 5.91 Å². The molecule has 0 aliphatic carbocycles. The Morgan fingerprint density at radius 1 is 0.806 bits per heavy atom. The van der Waals surface area contributed by atoms with Gasteiger partial charge < -0.3 is 19.5 Å². The lowest BCUT2D eigenvalue weighted by atomic mass is 10.0. The maximum Gasteiger partial charge on any atom is 0.342 e. The monoisotopic (exact) mass is 501 g/mol. The molecule has 0 atom stereocenters. The van der Waals surface area contributed by atoms with E-state index >= 15 is 0 Å². The van der Waals surface area contributed by atoms with Crippen molar-refractivity contribution in [2.45, 2.75) is 6.92 Å². The van der Waals surface area contributed by atoms with Crippen molar-refractivity contribution in [1.29, 1.82) is 0 Å². The molecule has 1 N–H and O–H groups in total. The topological polar surface area (TPSA) is 90.9 Å². The Bertz CT molecular complexity index is 1350. The molecule has 0 spiro atoms. The van der Waals surface area contributed by atoms with Crippen LogP contribution in [0.5, 0.6) is 11.5 Å². The van der Waals surface area contributed by atoms with Gasteiger partial charge in [-0.15, -0.1) is 11.3 Å². The van der Waals surface area contributed by atoms with E-state index in [9.17, 15) is 14.4 Å². The van der Waals surface area contributed by atoms with Gasteiger partial charge in [-0.1, -0.05) is 60.7 Å². The van der Waals surface area contributed by atoms with E-state index in [0.29, 0.717) is 22.1 Å². The molecule has 0 fully saturated rings. The molecule has 1 amide bonds. The standard InChI is InChI=1S/C28H23NO6S/c1-2-33-28(32)25-22(19-11-5-3-6-12-19)18-36-26(25)29-24(30)17-34-27(31)21-15-9-10-16-23(21)35-20-13-7-4-8-14-20/h3-16,18H,2,17H2,1H3,(H,29,30). The average Bonchev–Trinajstić information content (AvgIpc) is 3.32. The molecule has 3 aromatic carbocycles. The maximum atomic E-state index is 12.7. The Hall–Kier alpha value is -4.43. The summed E-state index contributed by atoms with van der Waals surface area (Å²) in [5.74, 6) is -0.967. The summed E-state index contributed by atoms with van der Waals surface area (Å²) in [6, 6.07) is 25.0. The number of hydrogen-bond donors (Lipinski definition) is 1. The van der Waals surface area contributed by atoms with Crippen molar-refractivity contribution in [1.82, 2.24) is 0 Å². The molecule has 182 valence electrons. The summed E-state index contributed by atoms with van der Waals surface area (Å²) < 4.78 is 16.2. The molecular weight excluding hydrogens is 478 g/mol. The quantitative estimate of drug-likeness (QED) is 0.276. The fourth-order valence-electron chi connectivity index (χ4n) is 3.40.